The van der Waals surface area contributed by atoms with E-state index in [-0.39, 0.29) is 12.4 Å². The normalized spacial score (nSPS) is 11.3. The molecule has 2 nitrogen and oxygen atoms in total. The van der Waals surface area contributed by atoms with Crippen LogP contribution < -0.4 is 10.1 Å². The minimum atomic E-state index is -4.41. The second kappa shape index (κ2) is 6.44. The van der Waals surface area contributed by atoms with Gasteiger partial charge >= 0.3 is 6.18 Å². The number of hydrogen-bond donors (Lipinski definition) is 1. The van der Waals surface area contributed by atoms with E-state index in [0.717, 1.165) is 6.07 Å². The minimum absolute atomic E-state index is 0.135. The summed E-state index contributed by atoms with van der Waals surface area (Å²) >= 11 is 0. The van der Waals surface area contributed by atoms with Gasteiger partial charge in [-0.1, -0.05) is 12.1 Å². The Morgan fingerprint density at radius 1 is 1.39 bits per heavy atom. The Balaban J connectivity index is 2.97. The van der Waals surface area contributed by atoms with E-state index in [1.807, 2.05) is 0 Å². The van der Waals surface area contributed by atoms with Crippen LogP contribution >= 0.6 is 0 Å². The number of hydrogen-bond acceptors (Lipinski definition) is 2. The van der Waals surface area contributed by atoms with E-state index < -0.39 is 11.7 Å². The van der Waals surface area contributed by atoms with Crippen molar-refractivity contribution in [1.82, 2.24) is 5.32 Å². The zero-order valence-corrected chi connectivity index (χ0v) is 10.2. The molecule has 1 rings (SSSR count). The number of benzene rings is 1. The molecule has 0 fully saturated rings. The Labute approximate surface area is 104 Å². The number of alkyl halides is 3. The van der Waals surface area contributed by atoms with Gasteiger partial charge in [-0.3, -0.25) is 0 Å². The Kier molecular flexibility index (Phi) is 5.22. The van der Waals surface area contributed by atoms with Crippen molar-refractivity contribution in [2.75, 3.05) is 13.7 Å². The molecule has 1 aromatic rings. The highest BCUT2D eigenvalue weighted by Gasteiger charge is 2.34. The Hall–Kier alpha value is -1.49. The van der Waals surface area contributed by atoms with Crippen LogP contribution in [0, 0.1) is 0 Å². The topological polar surface area (TPSA) is 21.3 Å². The average molecular weight is 259 g/mol. The SMILES string of the molecule is C=CCCOc1ccc(CNC)cc1C(F)(F)F. The molecule has 0 aliphatic rings. The van der Waals surface area contributed by atoms with Gasteiger partial charge in [0.1, 0.15) is 5.75 Å². The Morgan fingerprint density at radius 2 is 2.11 bits per heavy atom. The molecule has 0 saturated carbocycles. The van der Waals surface area contributed by atoms with Crippen LogP contribution in [0.5, 0.6) is 5.75 Å². The lowest BCUT2D eigenvalue weighted by molar-refractivity contribution is -0.139. The maximum Gasteiger partial charge on any atom is 0.419 e. The summed E-state index contributed by atoms with van der Waals surface area (Å²) in [6, 6.07) is 4.09. The van der Waals surface area contributed by atoms with Crippen molar-refractivity contribution in [3.05, 3.63) is 42.0 Å². The van der Waals surface area contributed by atoms with E-state index in [0.29, 0.717) is 18.5 Å². The molecule has 0 saturated heterocycles. The largest absolute Gasteiger partial charge is 0.493 e. The lowest BCUT2D eigenvalue weighted by Crippen LogP contribution is -2.12. The molecule has 0 heterocycles. The number of halogens is 3. The van der Waals surface area contributed by atoms with Gasteiger partial charge in [0, 0.05) is 6.54 Å². The van der Waals surface area contributed by atoms with E-state index >= 15 is 0 Å². The molecule has 0 spiro atoms. The fourth-order valence-corrected chi connectivity index (χ4v) is 1.49. The van der Waals surface area contributed by atoms with Gasteiger partial charge in [0.2, 0.25) is 0 Å². The molecule has 1 aromatic carbocycles. The highest BCUT2D eigenvalue weighted by atomic mass is 19.4. The fourth-order valence-electron chi connectivity index (χ4n) is 1.49. The zero-order valence-electron chi connectivity index (χ0n) is 10.2. The standard InChI is InChI=1S/C13H16F3NO/c1-3-4-7-18-12-6-5-10(9-17-2)8-11(12)13(14,15)16/h3,5-6,8,17H,1,4,7,9H2,2H3. The third-order valence-corrected chi connectivity index (χ3v) is 2.31. The van der Waals surface area contributed by atoms with Gasteiger partial charge in [-0.05, 0) is 31.2 Å². The molecular formula is C13H16F3NO. The molecule has 0 atom stereocenters. The van der Waals surface area contributed by atoms with Crippen molar-refractivity contribution in [2.24, 2.45) is 0 Å². The molecule has 5 heteroatoms. The third-order valence-electron chi connectivity index (χ3n) is 2.31. The second-order valence-corrected chi connectivity index (χ2v) is 3.78. The van der Waals surface area contributed by atoms with Crippen molar-refractivity contribution in [3.8, 4) is 5.75 Å². The Bertz CT molecular complexity index is 402. The van der Waals surface area contributed by atoms with Gasteiger partial charge in [-0.25, -0.2) is 0 Å². The van der Waals surface area contributed by atoms with Gasteiger partial charge < -0.3 is 10.1 Å². The van der Waals surface area contributed by atoms with Crippen molar-refractivity contribution in [1.29, 1.82) is 0 Å². The number of ether oxygens (including phenoxy) is 1. The van der Waals surface area contributed by atoms with Gasteiger partial charge in [-0.15, -0.1) is 6.58 Å². The minimum Gasteiger partial charge on any atom is -0.493 e. The number of rotatable bonds is 6. The second-order valence-electron chi connectivity index (χ2n) is 3.78. The van der Waals surface area contributed by atoms with Crippen LogP contribution in [-0.4, -0.2) is 13.7 Å². The van der Waals surface area contributed by atoms with Crippen LogP contribution in [0.1, 0.15) is 17.5 Å². The highest BCUT2D eigenvalue weighted by molar-refractivity contribution is 5.39. The van der Waals surface area contributed by atoms with Gasteiger partial charge in [-0.2, -0.15) is 13.2 Å². The predicted octanol–water partition coefficient (Wildman–Crippen LogP) is 3.38. The molecule has 0 unspecified atom stereocenters. The van der Waals surface area contributed by atoms with Crippen LogP contribution in [0.4, 0.5) is 13.2 Å². The summed E-state index contributed by atoms with van der Waals surface area (Å²) in [5.41, 5.74) is -0.166. The van der Waals surface area contributed by atoms with E-state index in [1.165, 1.54) is 6.07 Å². The quantitative estimate of drug-likeness (QED) is 0.624. The first-order chi connectivity index (χ1) is 8.49. The van der Waals surface area contributed by atoms with Crippen molar-refractivity contribution in [3.63, 3.8) is 0 Å². The maximum absolute atomic E-state index is 12.9. The molecule has 1 N–H and O–H groups in total. The molecule has 100 valence electrons. The van der Waals surface area contributed by atoms with Crippen LogP contribution in [0.3, 0.4) is 0 Å². The molecule has 18 heavy (non-hydrogen) atoms. The van der Waals surface area contributed by atoms with Crippen LogP contribution in [-0.2, 0) is 12.7 Å². The van der Waals surface area contributed by atoms with Crippen molar-refractivity contribution < 1.29 is 17.9 Å². The lowest BCUT2D eigenvalue weighted by Gasteiger charge is -2.15. The fraction of sp³-hybridized carbons (Fsp3) is 0.385. The molecule has 0 radical (unpaired) electrons. The lowest BCUT2D eigenvalue weighted by atomic mass is 10.1. The monoisotopic (exact) mass is 259 g/mol. The molecule has 0 aliphatic carbocycles. The van der Waals surface area contributed by atoms with E-state index in [1.54, 1.807) is 19.2 Å². The molecular weight excluding hydrogens is 243 g/mol. The van der Waals surface area contributed by atoms with E-state index in [9.17, 15) is 13.2 Å². The summed E-state index contributed by atoms with van der Waals surface area (Å²) < 4.78 is 43.7. The third kappa shape index (κ3) is 4.07. The molecule has 0 aliphatic heterocycles. The summed E-state index contributed by atoms with van der Waals surface area (Å²) in [4.78, 5) is 0. The van der Waals surface area contributed by atoms with Crippen molar-refractivity contribution >= 4 is 0 Å². The summed E-state index contributed by atoms with van der Waals surface area (Å²) in [7, 11) is 1.68. The molecule has 0 amide bonds. The summed E-state index contributed by atoms with van der Waals surface area (Å²) in [5, 5.41) is 2.81. The van der Waals surface area contributed by atoms with Crippen LogP contribution in [0.25, 0.3) is 0 Å². The van der Waals surface area contributed by atoms with Gasteiger partial charge in [0.15, 0.2) is 0 Å². The maximum atomic E-state index is 12.9. The van der Waals surface area contributed by atoms with E-state index in [4.69, 9.17) is 4.74 Å². The predicted molar refractivity (Wildman–Crippen MR) is 64.5 cm³/mol. The summed E-state index contributed by atoms with van der Waals surface area (Å²) in [6.45, 7) is 4.07. The van der Waals surface area contributed by atoms with Gasteiger partial charge in [0.05, 0.1) is 12.2 Å². The Morgan fingerprint density at radius 3 is 2.67 bits per heavy atom. The van der Waals surface area contributed by atoms with Crippen LogP contribution in [0.2, 0.25) is 0 Å². The first kappa shape index (κ1) is 14.6. The van der Waals surface area contributed by atoms with Gasteiger partial charge in [0.25, 0.3) is 0 Å². The first-order valence-corrected chi connectivity index (χ1v) is 5.57. The van der Waals surface area contributed by atoms with E-state index in [2.05, 4.69) is 11.9 Å². The zero-order chi connectivity index (χ0) is 13.6. The van der Waals surface area contributed by atoms with Crippen LogP contribution in [0.15, 0.2) is 30.9 Å². The first-order valence-electron chi connectivity index (χ1n) is 5.57. The molecule has 0 aromatic heterocycles. The summed E-state index contributed by atoms with van der Waals surface area (Å²) in [5.74, 6) is -0.135. The average Bonchev–Trinajstić information content (AvgIpc) is 2.30. The number of nitrogens with one attached hydrogen (secondary N) is 1. The highest BCUT2D eigenvalue weighted by Crippen LogP contribution is 2.36. The summed E-state index contributed by atoms with van der Waals surface area (Å²) in [6.07, 6.45) is -2.30. The smallest absolute Gasteiger partial charge is 0.419 e. The molecule has 0 bridgehead atoms. The van der Waals surface area contributed by atoms with Crippen molar-refractivity contribution in [2.45, 2.75) is 19.1 Å².